The summed E-state index contributed by atoms with van der Waals surface area (Å²) in [7, 11) is 1.64. The maximum Gasteiger partial charge on any atom is 0.168 e. The molecule has 4 aromatic rings. The van der Waals surface area contributed by atoms with Crippen molar-refractivity contribution in [3.05, 3.63) is 71.6 Å². The quantitative estimate of drug-likeness (QED) is 0.577. The number of hydrogen-bond donors (Lipinski definition) is 1. The molecule has 4 rings (SSSR count). The number of halogens is 1. The average Bonchev–Trinajstić information content (AvgIpc) is 3.11. The van der Waals surface area contributed by atoms with E-state index in [0.717, 1.165) is 33.9 Å². The minimum atomic E-state index is 0.611. The number of benzene rings is 2. The van der Waals surface area contributed by atoms with E-state index in [1.165, 1.54) is 6.33 Å². The minimum absolute atomic E-state index is 0.611. The zero-order chi connectivity index (χ0) is 17.9. The van der Waals surface area contributed by atoms with Crippen molar-refractivity contribution in [2.75, 3.05) is 12.4 Å². The van der Waals surface area contributed by atoms with E-state index in [2.05, 4.69) is 20.4 Å². The fourth-order valence-electron chi connectivity index (χ4n) is 2.73. The van der Waals surface area contributed by atoms with Gasteiger partial charge in [0.15, 0.2) is 5.65 Å². The summed E-state index contributed by atoms with van der Waals surface area (Å²) >= 11 is 6.04. The predicted octanol–water partition coefficient (Wildman–Crippen LogP) is 4.09. The van der Waals surface area contributed by atoms with E-state index in [9.17, 15) is 0 Å². The second-order valence-corrected chi connectivity index (χ2v) is 6.13. The number of ether oxygens (including phenoxy) is 1. The molecule has 0 aliphatic carbocycles. The van der Waals surface area contributed by atoms with Crippen molar-refractivity contribution in [1.82, 2.24) is 19.7 Å². The smallest absolute Gasteiger partial charge is 0.168 e. The lowest BCUT2D eigenvalue weighted by Crippen LogP contribution is -2.03. The Labute approximate surface area is 155 Å². The van der Waals surface area contributed by atoms with E-state index < -0.39 is 0 Å². The highest BCUT2D eigenvalue weighted by molar-refractivity contribution is 6.30. The van der Waals surface area contributed by atoms with E-state index in [1.807, 2.05) is 48.5 Å². The van der Waals surface area contributed by atoms with Crippen molar-refractivity contribution in [2.24, 2.45) is 0 Å². The molecular weight excluding hydrogens is 350 g/mol. The van der Waals surface area contributed by atoms with Crippen LogP contribution < -0.4 is 10.1 Å². The fourth-order valence-corrected chi connectivity index (χ4v) is 2.94. The van der Waals surface area contributed by atoms with Gasteiger partial charge in [0.25, 0.3) is 0 Å². The normalized spacial score (nSPS) is 10.8. The molecule has 7 heteroatoms. The van der Waals surface area contributed by atoms with Gasteiger partial charge in [-0.1, -0.05) is 23.7 Å². The largest absolute Gasteiger partial charge is 0.497 e. The van der Waals surface area contributed by atoms with E-state index in [0.29, 0.717) is 11.6 Å². The van der Waals surface area contributed by atoms with Gasteiger partial charge in [0.1, 0.15) is 17.9 Å². The molecule has 130 valence electrons. The number of aromatic nitrogens is 4. The molecule has 1 N–H and O–H groups in total. The Morgan fingerprint density at radius 2 is 1.96 bits per heavy atom. The Kier molecular flexibility index (Phi) is 4.41. The molecule has 0 spiro atoms. The second kappa shape index (κ2) is 7.01. The monoisotopic (exact) mass is 365 g/mol. The first-order chi connectivity index (χ1) is 12.7. The molecule has 2 heterocycles. The maximum atomic E-state index is 6.04. The second-order valence-electron chi connectivity index (χ2n) is 5.70. The molecule has 6 nitrogen and oxygen atoms in total. The van der Waals surface area contributed by atoms with Crippen LogP contribution in [0.15, 0.2) is 61.1 Å². The molecule has 0 aliphatic rings. The molecule has 26 heavy (non-hydrogen) atoms. The molecule has 0 saturated carbocycles. The zero-order valence-corrected chi connectivity index (χ0v) is 14.8. The van der Waals surface area contributed by atoms with Crippen LogP contribution in [0.25, 0.3) is 16.7 Å². The molecule has 2 aromatic heterocycles. The number of anilines is 1. The Morgan fingerprint density at radius 1 is 1.12 bits per heavy atom. The van der Waals surface area contributed by atoms with Crippen LogP contribution in [0.5, 0.6) is 5.75 Å². The van der Waals surface area contributed by atoms with Gasteiger partial charge in [-0.25, -0.2) is 14.6 Å². The van der Waals surface area contributed by atoms with E-state index in [-0.39, 0.29) is 0 Å². The van der Waals surface area contributed by atoms with Gasteiger partial charge in [-0.05, 0) is 42.0 Å². The molecule has 0 amide bonds. The van der Waals surface area contributed by atoms with Gasteiger partial charge < -0.3 is 10.1 Å². The van der Waals surface area contributed by atoms with Gasteiger partial charge in [0.2, 0.25) is 0 Å². The maximum absolute atomic E-state index is 6.04. The molecule has 0 atom stereocenters. The lowest BCUT2D eigenvalue weighted by Gasteiger charge is -2.08. The van der Waals surface area contributed by atoms with Crippen molar-refractivity contribution in [3.8, 4) is 11.4 Å². The van der Waals surface area contributed by atoms with Crippen LogP contribution >= 0.6 is 11.6 Å². The van der Waals surface area contributed by atoms with Crippen molar-refractivity contribution < 1.29 is 4.74 Å². The number of hydrogen-bond acceptors (Lipinski definition) is 5. The summed E-state index contributed by atoms with van der Waals surface area (Å²) in [5.41, 5.74) is 2.71. The Morgan fingerprint density at radius 3 is 2.73 bits per heavy atom. The summed E-state index contributed by atoms with van der Waals surface area (Å²) in [6, 6.07) is 15.4. The molecular formula is C19H16ClN5O. The molecule has 0 unspecified atom stereocenters. The summed E-state index contributed by atoms with van der Waals surface area (Å²) < 4.78 is 6.98. The van der Waals surface area contributed by atoms with Gasteiger partial charge in [0.05, 0.1) is 24.4 Å². The molecule has 0 radical (unpaired) electrons. The van der Waals surface area contributed by atoms with Crippen molar-refractivity contribution in [1.29, 1.82) is 0 Å². The van der Waals surface area contributed by atoms with Crippen LogP contribution in [-0.2, 0) is 6.54 Å². The van der Waals surface area contributed by atoms with Crippen LogP contribution in [-0.4, -0.2) is 26.9 Å². The Bertz CT molecular complexity index is 1050. The van der Waals surface area contributed by atoms with Crippen LogP contribution in [0.2, 0.25) is 5.02 Å². The van der Waals surface area contributed by atoms with E-state index in [1.54, 1.807) is 18.0 Å². The van der Waals surface area contributed by atoms with Crippen molar-refractivity contribution >= 4 is 28.5 Å². The molecule has 0 saturated heterocycles. The van der Waals surface area contributed by atoms with Crippen LogP contribution in [0.3, 0.4) is 0 Å². The molecule has 2 aromatic carbocycles. The average molecular weight is 366 g/mol. The van der Waals surface area contributed by atoms with Crippen LogP contribution in [0.1, 0.15) is 5.56 Å². The topological polar surface area (TPSA) is 64.9 Å². The number of nitrogens with zero attached hydrogens (tertiary/aromatic N) is 4. The summed E-state index contributed by atoms with van der Waals surface area (Å²) in [6.07, 6.45) is 3.30. The highest BCUT2D eigenvalue weighted by atomic mass is 35.5. The summed E-state index contributed by atoms with van der Waals surface area (Å²) in [4.78, 5) is 8.74. The number of nitrogens with one attached hydrogen (secondary N) is 1. The van der Waals surface area contributed by atoms with E-state index >= 15 is 0 Å². The van der Waals surface area contributed by atoms with Gasteiger partial charge >= 0.3 is 0 Å². The van der Waals surface area contributed by atoms with E-state index in [4.69, 9.17) is 16.3 Å². The van der Waals surface area contributed by atoms with Crippen molar-refractivity contribution in [3.63, 3.8) is 0 Å². The third-order valence-electron chi connectivity index (χ3n) is 4.03. The Balaban J connectivity index is 1.64. The molecule has 0 fully saturated rings. The lowest BCUT2D eigenvalue weighted by molar-refractivity contribution is 0.414. The van der Waals surface area contributed by atoms with Gasteiger partial charge in [-0.15, -0.1) is 0 Å². The van der Waals surface area contributed by atoms with Crippen molar-refractivity contribution in [2.45, 2.75) is 6.54 Å². The van der Waals surface area contributed by atoms with Gasteiger partial charge in [0, 0.05) is 11.6 Å². The highest BCUT2D eigenvalue weighted by Crippen LogP contribution is 2.23. The minimum Gasteiger partial charge on any atom is -0.497 e. The summed E-state index contributed by atoms with van der Waals surface area (Å²) in [5, 5.41) is 9.36. The SMILES string of the molecule is COc1ccc(-n2ncc3c(NCc4cccc(Cl)c4)ncnc32)cc1. The lowest BCUT2D eigenvalue weighted by atomic mass is 10.2. The number of rotatable bonds is 5. The number of methoxy groups -OCH3 is 1. The first-order valence-corrected chi connectivity index (χ1v) is 8.44. The number of fused-ring (bicyclic) bond motifs is 1. The Hall–Kier alpha value is -3.12. The molecule has 0 bridgehead atoms. The third kappa shape index (κ3) is 3.19. The first kappa shape index (κ1) is 16.4. The zero-order valence-electron chi connectivity index (χ0n) is 14.1. The first-order valence-electron chi connectivity index (χ1n) is 8.06. The standard InChI is InChI=1S/C19H16ClN5O/c1-26-16-7-5-15(6-8-16)25-19-17(11-24-25)18(22-12-23-19)21-10-13-3-2-4-14(20)9-13/h2-9,11-12H,10H2,1H3,(H,21,22,23). The highest BCUT2D eigenvalue weighted by Gasteiger charge is 2.11. The van der Waals surface area contributed by atoms with Gasteiger partial charge in [-0.3, -0.25) is 0 Å². The predicted molar refractivity (Wildman–Crippen MR) is 102 cm³/mol. The summed E-state index contributed by atoms with van der Waals surface area (Å²) in [5.74, 6) is 1.53. The van der Waals surface area contributed by atoms with Crippen LogP contribution in [0.4, 0.5) is 5.82 Å². The third-order valence-corrected chi connectivity index (χ3v) is 4.27. The van der Waals surface area contributed by atoms with Crippen LogP contribution in [0, 0.1) is 0 Å². The fraction of sp³-hybridized carbons (Fsp3) is 0.105. The van der Waals surface area contributed by atoms with Gasteiger partial charge in [-0.2, -0.15) is 5.10 Å². The summed E-state index contributed by atoms with van der Waals surface area (Å²) in [6.45, 7) is 0.611. The molecule has 0 aliphatic heterocycles.